The third kappa shape index (κ3) is 5.42. The molecule has 0 aliphatic carbocycles. The minimum atomic E-state index is -0.0348. The summed E-state index contributed by atoms with van der Waals surface area (Å²) in [5.74, 6) is 0. The Hall–Kier alpha value is -1.21. The molecule has 1 heterocycles. The van der Waals surface area contributed by atoms with Crippen molar-refractivity contribution in [1.82, 2.24) is 4.57 Å². The molecular weight excluding hydrogens is 260 g/mol. The second-order valence-electron chi connectivity index (χ2n) is 4.38. The van der Waals surface area contributed by atoms with E-state index in [-0.39, 0.29) is 12.1 Å². The van der Waals surface area contributed by atoms with E-state index >= 15 is 0 Å². The summed E-state index contributed by atoms with van der Waals surface area (Å²) in [4.78, 5) is 12.0. The zero-order chi connectivity index (χ0) is 14.8. The summed E-state index contributed by atoms with van der Waals surface area (Å²) in [5.41, 5.74) is 7.03. The quantitative estimate of drug-likeness (QED) is 0.625. The lowest BCUT2D eigenvalue weighted by Crippen LogP contribution is -2.28. The van der Waals surface area contributed by atoms with Crippen LogP contribution in [0, 0.1) is 6.92 Å². The topological polar surface area (TPSA) is 75.7 Å². The molecule has 0 amide bonds. The summed E-state index contributed by atoms with van der Waals surface area (Å²) in [6.45, 7) is 5.34. The van der Waals surface area contributed by atoms with Crippen LogP contribution in [0.4, 0.5) is 0 Å². The number of aromatic nitrogens is 1. The lowest BCUT2D eigenvalue weighted by molar-refractivity contribution is 0.0228. The van der Waals surface area contributed by atoms with Crippen LogP contribution in [0.2, 0.25) is 0 Å². The Kier molecular flexibility index (Phi) is 8.13. The number of hydrogen-bond acceptors (Lipinski definition) is 5. The predicted octanol–water partition coefficient (Wildman–Crippen LogP) is 0.295. The normalized spacial score (nSPS) is 10.9. The average molecular weight is 284 g/mol. The number of pyridine rings is 1. The molecule has 20 heavy (non-hydrogen) atoms. The van der Waals surface area contributed by atoms with E-state index in [4.69, 9.17) is 19.9 Å². The van der Waals surface area contributed by atoms with Gasteiger partial charge in [-0.25, -0.2) is 0 Å². The lowest BCUT2D eigenvalue weighted by Gasteiger charge is -2.12. The fourth-order valence-electron chi connectivity index (χ4n) is 1.77. The van der Waals surface area contributed by atoms with Gasteiger partial charge in [0.05, 0.1) is 33.0 Å². The Labute approximate surface area is 119 Å². The van der Waals surface area contributed by atoms with Crippen LogP contribution in [0.3, 0.4) is 0 Å². The van der Waals surface area contributed by atoms with Gasteiger partial charge in [-0.1, -0.05) is 6.07 Å². The summed E-state index contributed by atoms with van der Waals surface area (Å²) >= 11 is 0. The second kappa shape index (κ2) is 9.66. The molecule has 0 aliphatic rings. The molecule has 0 atom stereocenters. The smallest absolute Gasteiger partial charge is 0.255 e. The monoisotopic (exact) mass is 284 g/mol. The maximum Gasteiger partial charge on any atom is 0.255 e. The van der Waals surface area contributed by atoms with Gasteiger partial charge in [-0.05, 0) is 13.0 Å². The number of rotatable bonds is 10. The SMILES string of the molecule is COCCOCCOCCn1c(C)ccc(CN)c1=O. The van der Waals surface area contributed by atoms with Crippen LogP contribution in [0.15, 0.2) is 16.9 Å². The number of methoxy groups -OCH3 is 1. The Morgan fingerprint density at radius 2 is 1.75 bits per heavy atom. The second-order valence-corrected chi connectivity index (χ2v) is 4.38. The standard InChI is InChI=1S/C14H24N2O4/c1-12-3-4-13(11-15)14(17)16(12)5-6-19-9-10-20-8-7-18-2/h3-4H,5-11,15H2,1-2H3. The van der Waals surface area contributed by atoms with Crippen LogP contribution in [-0.4, -0.2) is 44.7 Å². The average Bonchev–Trinajstić information content (AvgIpc) is 2.45. The van der Waals surface area contributed by atoms with E-state index in [1.165, 1.54) is 0 Å². The molecule has 6 heteroatoms. The summed E-state index contributed by atoms with van der Waals surface area (Å²) in [6, 6.07) is 3.68. The van der Waals surface area contributed by atoms with E-state index in [0.717, 1.165) is 5.69 Å². The first-order valence-corrected chi connectivity index (χ1v) is 6.74. The van der Waals surface area contributed by atoms with Crippen LogP contribution in [0.5, 0.6) is 0 Å². The molecule has 0 aromatic carbocycles. The van der Waals surface area contributed by atoms with Crippen molar-refractivity contribution in [2.24, 2.45) is 5.73 Å². The first kappa shape index (κ1) is 16.8. The van der Waals surface area contributed by atoms with Crippen LogP contribution in [0.1, 0.15) is 11.3 Å². The molecule has 1 aromatic heterocycles. The molecule has 0 bridgehead atoms. The van der Waals surface area contributed by atoms with Crippen molar-refractivity contribution < 1.29 is 14.2 Å². The van der Waals surface area contributed by atoms with Crippen molar-refractivity contribution in [3.63, 3.8) is 0 Å². The van der Waals surface area contributed by atoms with Crippen molar-refractivity contribution >= 4 is 0 Å². The largest absolute Gasteiger partial charge is 0.382 e. The van der Waals surface area contributed by atoms with Crippen LogP contribution < -0.4 is 11.3 Å². The van der Waals surface area contributed by atoms with Gasteiger partial charge in [0.2, 0.25) is 0 Å². The first-order valence-electron chi connectivity index (χ1n) is 6.74. The number of aryl methyl sites for hydroxylation is 1. The summed E-state index contributed by atoms with van der Waals surface area (Å²) < 4.78 is 17.3. The molecule has 2 N–H and O–H groups in total. The van der Waals surface area contributed by atoms with Gasteiger partial charge < -0.3 is 24.5 Å². The van der Waals surface area contributed by atoms with Crippen molar-refractivity contribution in [2.75, 3.05) is 40.1 Å². The number of hydrogen-bond donors (Lipinski definition) is 1. The van der Waals surface area contributed by atoms with Crippen molar-refractivity contribution in [2.45, 2.75) is 20.0 Å². The van der Waals surface area contributed by atoms with E-state index in [0.29, 0.717) is 45.1 Å². The van der Waals surface area contributed by atoms with E-state index in [9.17, 15) is 4.79 Å². The lowest BCUT2D eigenvalue weighted by atomic mass is 10.2. The Morgan fingerprint density at radius 1 is 1.10 bits per heavy atom. The minimum Gasteiger partial charge on any atom is -0.382 e. The molecule has 0 aliphatic heterocycles. The van der Waals surface area contributed by atoms with Gasteiger partial charge in [0, 0.05) is 31.5 Å². The third-order valence-electron chi connectivity index (χ3n) is 2.95. The first-order chi connectivity index (χ1) is 9.70. The summed E-state index contributed by atoms with van der Waals surface area (Å²) in [5, 5.41) is 0. The number of nitrogens with two attached hydrogens (primary N) is 1. The highest BCUT2D eigenvalue weighted by Gasteiger charge is 2.04. The Morgan fingerprint density at radius 3 is 2.40 bits per heavy atom. The van der Waals surface area contributed by atoms with E-state index in [1.807, 2.05) is 13.0 Å². The van der Waals surface area contributed by atoms with E-state index < -0.39 is 0 Å². The fraction of sp³-hybridized carbons (Fsp3) is 0.643. The molecule has 0 spiro atoms. The zero-order valence-corrected chi connectivity index (χ0v) is 12.3. The van der Waals surface area contributed by atoms with Crippen molar-refractivity contribution in [1.29, 1.82) is 0 Å². The molecule has 0 fully saturated rings. The van der Waals surface area contributed by atoms with Gasteiger partial charge in [-0.15, -0.1) is 0 Å². The summed E-state index contributed by atoms with van der Waals surface area (Å²) in [7, 11) is 1.63. The summed E-state index contributed by atoms with van der Waals surface area (Å²) in [6.07, 6.45) is 0. The fourth-order valence-corrected chi connectivity index (χ4v) is 1.77. The van der Waals surface area contributed by atoms with Crippen molar-refractivity contribution in [3.05, 3.63) is 33.7 Å². The van der Waals surface area contributed by atoms with Gasteiger partial charge in [0.25, 0.3) is 5.56 Å². The molecule has 0 saturated carbocycles. The molecule has 1 rings (SSSR count). The molecule has 0 saturated heterocycles. The highest BCUT2D eigenvalue weighted by Crippen LogP contribution is 1.98. The maximum atomic E-state index is 12.0. The predicted molar refractivity (Wildman–Crippen MR) is 76.8 cm³/mol. The van der Waals surface area contributed by atoms with E-state index in [2.05, 4.69) is 0 Å². The molecule has 0 unspecified atom stereocenters. The van der Waals surface area contributed by atoms with Gasteiger partial charge in [0.1, 0.15) is 0 Å². The number of ether oxygens (including phenoxy) is 3. The van der Waals surface area contributed by atoms with E-state index in [1.54, 1.807) is 17.7 Å². The number of nitrogens with zero attached hydrogens (tertiary/aromatic N) is 1. The van der Waals surface area contributed by atoms with Gasteiger partial charge in [-0.3, -0.25) is 4.79 Å². The van der Waals surface area contributed by atoms with Crippen LogP contribution in [0.25, 0.3) is 0 Å². The van der Waals surface area contributed by atoms with Gasteiger partial charge in [0.15, 0.2) is 0 Å². The molecule has 0 radical (unpaired) electrons. The van der Waals surface area contributed by atoms with Gasteiger partial charge in [-0.2, -0.15) is 0 Å². The Balaban J connectivity index is 2.30. The minimum absolute atomic E-state index is 0.0348. The van der Waals surface area contributed by atoms with Crippen LogP contribution in [-0.2, 0) is 27.3 Å². The van der Waals surface area contributed by atoms with Crippen LogP contribution >= 0.6 is 0 Å². The highest BCUT2D eigenvalue weighted by molar-refractivity contribution is 5.15. The molecule has 1 aromatic rings. The molecule has 6 nitrogen and oxygen atoms in total. The molecule has 114 valence electrons. The molecular formula is C14H24N2O4. The third-order valence-corrected chi connectivity index (χ3v) is 2.95. The zero-order valence-electron chi connectivity index (χ0n) is 12.3. The van der Waals surface area contributed by atoms with Gasteiger partial charge >= 0.3 is 0 Å². The maximum absolute atomic E-state index is 12.0. The van der Waals surface area contributed by atoms with Crippen molar-refractivity contribution in [3.8, 4) is 0 Å². The highest BCUT2D eigenvalue weighted by atomic mass is 16.5. The Bertz CT molecular complexity index is 445.